The minimum absolute atomic E-state index is 0.0725. The van der Waals surface area contributed by atoms with E-state index in [1.54, 1.807) is 0 Å². The molecule has 3 rings (SSSR count). The first kappa shape index (κ1) is 19.2. The quantitative estimate of drug-likeness (QED) is 0.556. The third kappa shape index (κ3) is 3.88. The number of fused-ring (bicyclic) bond motifs is 2. The molecule has 5 unspecified atom stereocenters. The van der Waals surface area contributed by atoms with Crippen LogP contribution in [-0.2, 0) is 23.8 Å². The van der Waals surface area contributed by atoms with Crippen LogP contribution in [0.4, 0.5) is 0 Å². The number of hydrogen-bond acceptors (Lipinski definition) is 5. The van der Waals surface area contributed by atoms with Crippen LogP contribution in [0.1, 0.15) is 59.8 Å². The van der Waals surface area contributed by atoms with E-state index in [-0.39, 0.29) is 29.6 Å². The van der Waals surface area contributed by atoms with Crippen LogP contribution in [0.3, 0.4) is 0 Å². The maximum absolute atomic E-state index is 11.9. The van der Waals surface area contributed by atoms with Crippen LogP contribution in [0.25, 0.3) is 0 Å². The van der Waals surface area contributed by atoms with E-state index in [9.17, 15) is 9.59 Å². The molecule has 0 aromatic rings. The normalized spacial score (nSPS) is 39.2. The topological polar surface area (TPSA) is 61.8 Å². The summed E-state index contributed by atoms with van der Waals surface area (Å²) in [5, 5.41) is 0. The smallest absolute Gasteiger partial charge is 0.308 e. The maximum Gasteiger partial charge on any atom is 0.308 e. The van der Waals surface area contributed by atoms with E-state index < -0.39 is 18.5 Å². The van der Waals surface area contributed by atoms with E-state index in [0.29, 0.717) is 5.41 Å². The van der Waals surface area contributed by atoms with Crippen molar-refractivity contribution >= 4 is 11.9 Å². The molecule has 0 aromatic carbocycles. The van der Waals surface area contributed by atoms with Crippen molar-refractivity contribution in [1.82, 2.24) is 0 Å². The highest BCUT2D eigenvalue weighted by molar-refractivity contribution is 5.72. The SMILES string of the molecule is C=CC(=CC1(C)CCCC(C)(C)C1)C1C2OC(=O)CC1C(OC(C)=O)O2. The lowest BCUT2D eigenvalue weighted by Crippen LogP contribution is -2.36. The van der Waals surface area contributed by atoms with Gasteiger partial charge in [-0.3, -0.25) is 9.59 Å². The number of hydrogen-bond donors (Lipinski definition) is 0. The molecule has 5 atom stereocenters. The number of ether oxygens (including phenoxy) is 3. The van der Waals surface area contributed by atoms with Gasteiger partial charge in [0, 0.05) is 12.8 Å². The van der Waals surface area contributed by atoms with Gasteiger partial charge in [0.2, 0.25) is 12.6 Å². The molecule has 0 aromatic heterocycles. The molecule has 3 aliphatic rings. The highest BCUT2D eigenvalue weighted by Crippen LogP contribution is 2.50. The Kier molecular flexibility index (Phi) is 5.04. The second-order valence-electron chi connectivity index (χ2n) is 9.06. The molecule has 0 N–H and O–H groups in total. The minimum Gasteiger partial charge on any atom is -0.435 e. The van der Waals surface area contributed by atoms with E-state index >= 15 is 0 Å². The second-order valence-corrected chi connectivity index (χ2v) is 9.06. The Morgan fingerprint density at radius 1 is 1.31 bits per heavy atom. The van der Waals surface area contributed by atoms with Gasteiger partial charge in [-0.1, -0.05) is 45.9 Å². The predicted octanol–water partition coefficient (Wildman–Crippen LogP) is 4.13. The van der Waals surface area contributed by atoms with Crippen molar-refractivity contribution in [1.29, 1.82) is 0 Å². The number of esters is 2. The zero-order valence-electron chi connectivity index (χ0n) is 16.2. The Balaban J connectivity index is 1.88. The molecule has 0 spiro atoms. The van der Waals surface area contributed by atoms with Gasteiger partial charge in [-0.15, -0.1) is 0 Å². The van der Waals surface area contributed by atoms with Crippen LogP contribution in [0.5, 0.6) is 0 Å². The molecule has 5 heteroatoms. The first-order valence-corrected chi connectivity index (χ1v) is 9.50. The fourth-order valence-electron chi connectivity index (χ4n) is 5.12. The van der Waals surface area contributed by atoms with Crippen molar-refractivity contribution in [3.05, 3.63) is 24.3 Å². The zero-order chi connectivity index (χ0) is 19.1. The molecule has 2 aliphatic heterocycles. The van der Waals surface area contributed by atoms with Crippen LogP contribution < -0.4 is 0 Å². The van der Waals surface area contributed by atoms with Crippen molar-refractivity contribution in [3.8, 4) is 0 Å². The molecule has 1 saturated carbocycles. The van der Waals surface area contributed by atoms with Crippen molar-refractivity contribution in [3.63, 3.8) is 0 Å². The molecule has 0 radical (unpaired) electrons. The molecular formula is C21H30O5. The number of carbonyl (C=O) groups is 2. The van der Waals surface area contributed by atoms with E-state index in [2.05, 4.69) is 33.4 Å². The molecule has 2 bridgehead atoms. The molecule has 5 nitrogen and oxygen atoms in total. The average molecular weight is 362 g/mol. The van der Waals surface area contributed by atoms with Gasteiger partial charge in [0.25, 0.3) is 0 Å². The van der Waals surface area contributed by atoms with Crippen LogP contribution in [-0.4, -0.2) is 24.5 Å². The van der Waals surface area contributed by atoms with Gasteiger partial charge >= 0.3 is 11.9 Å². The zero-order valence-corrected chi connectivity index (χ0v) is 16.2. The summed E-state index contributed by atoms with van der Waals surface area (Å²) in [6, 6.07) is 0. The lowest BCUT2D eigenvalue weighted by atomic mass is 9.63. The summed E-state index contributed by atoms with van der Waals surface area (Å²) in [6.45, 7) is 12.3. The summed E-state index contributed by atoms with van der Waals surface area (Å²) in [5.74, 6) is -1.09. The Hall–Kier alpha value is -1.62. The van der Waals surface area contributed by atoms with Crippen LogP contribution in [0.2, 0.25) is 0 Å². The molecule has 2 saturated heterocycles. The first-order valence-electron chi connectivity index (χ1n) is 9.50. The Morgan fingerprint density at radius 2 is 2.04 bits per heavy atom. The summed E-state index contributed by atoms with van der Waals surface area (Å²) in [5.41, 5.74) is 1.41. The number of allylic oxidation sites excluding steroid dienone is 2. The summed E-state index contributed by atoms with van der Waals surface area (Å²) >= 11 is 0. The summed E-state index contributed by atoms with van der Waals surface area (Å²) < 4.78 is 16.4. The maximum atomic E-state index is 11.9. The molecule has 26 heavy (non-hydrogen) atoms. The van der Waals surface area contributed by atoms with Gasteiger partial charge in [0.05, 0.1) is 12.3 Å². The van der Waals surface area contributed by atoms with Crippen molar-refractivity contribution in [2.45, 2.75) is 72.4 Å². The van der Waals surface area contributed by atoms with Crippen molar-refractivity contribution < 1.29 is 23.8 Å². The van der Waals surface area contributed by atoms with Gasteiger partial charge in [-0.25, -0.2) is 0 Å². The van der Waals surface area contributed by atoms with Crippen molar-refractivity contribution in [2.75, 3.05) is 0 Å². The van der Waals surface area contributed by atoms with E-state index in [4.69, 9.17) is 14.2 Å². The van der Waals surface area contributed by atoms with Crippen molar-refractivity contribution in [2.24, 2.45) is 22.7 Å². The monoisotopic (exact) mass is 362 g/mol. The molecule has 1 aliphatic carbocycles. The average Bonchev–Trinajstić information content (AvgIpc) is 2.71. The Bertz CT molecular complexity index is 634. The fourth-order valence-corrected chi connectivity index (χ4v) is 5.12. The standard InChI is InChI=1S/C21H30O5/c1-6-14(11-21(5)9-7-8-20(3,4)12-21)17-15-10-16(23)25-19(17)26-18(15)24-13(2)22/h6,11,15,17-19H,1,7-10,12H2,2-5H3. The summed E-state index contributed by atoms with van der Waals surface area (Å²) in [4.78, 5) is 23.3. The Morgan fingerprint density at radius 3 is 2.65 bits per heavy atom. The second kappa shape index (κ2) is 6.84. The fraction of sp³-hybridized carbons (Fsp3) is 0.714. The highest BCUT2D eigenvalue weighted by Gasteiger charge is 2.54. The minimum atomic E-state index is -0.743. The molecule has 2 heterocycles. The molecular weight excluding hydrogens is 332 g/mol. The molecule has 3 fully saturated rings. The van der Waals surface area contributed by atoms with Gasteiger partial charge < -0.3 is 14.2 Å². The van der Waals surface area contributed by atoms with E-state index in [1.165, 1.54) is 19.8 Å². The summed E-state index contributed by atoms with van der Waals surface area (Å²) in [7, 11) is 0. The first-order chi connectivity index (χ1) is 12.1. The number of carbonyl (C=O) groups excluding carboxylic acids is 2. The predicted molar refractivity (Wildman–Crippen MR) is 96.8 cm³/mol. The van der Waals surface area contributed by atoms with Crippen LogP contribution in [0, 0.1) is 22.7 Å². The lowest BCUT2D eigenvalue weighted by Gasteiger charge is -2.42. The van der Waals surface area contributed by atoms with E-state index in [0.717, 1.165) is 18.4 Å². The van der Waals surface area contributed by atoms with Crippen LogP contribution >= 0.6 is 0 Å². The van der Waals surface area contributed by atoms with Gasteiger partial charge in [0.15, 0.2) is 0 Å². The largest absolute Gasteiger partial charge is 0.435 e. The van der Waals surface area contributed by atoms with E-state index in [1.807, 2.05) is 6.08 Å². The molecule has 0 amide bonds. The molecule has 144 valence electrons. The third-order valence-corrected chi connectivity index (χ3v) is 5.92. The van der Waals surface area contributed by atoms with Gasteiger partial charge in [-0.2, -0.15) is 0 Å². The van der Waals surface area contributed by atoms with Gasteiger partial charge in [0.1, 0.15) is 0 Å². The van der Waals surface area contributed by atoms with Gasteiger partial charge in [-0.05, 0) is 35.7 Å². The highest BCUT2D eigenvalue weighted by atomic mass is 16.8. The number of rotatable bonds is 4. The lowest BCUT2D eigenvalue weighted by molar-refractivity contribution is -0.206. The van der Waals surface area contributed by atoms with Crippen LogP contribution in [0.15, 0.2) is 24.3 Å². The third-order valence-electron chi connectivity index (χ3n) is 5.92. The Labute approximate surface area is 155 Å². The summed E-state index contributed by atoms with van der Waals surface area (Å²) in [6.07, 6.45) is 7.54.